The molecule has 0 spiro atoms. The first-order valence-electron chi connectivity index (χ1n) is 7.59. The second kappa shape index (κ2) is 8.98. The lowest BCUT2D eigenvalue weighted by Gasteiger charge is -2.28. The largest absolute Gasteiger partial charge is 0.497 e. The third-order valence-corrected chi connectivity index (χ3v) is 5.46. The average Bonchev–Trinajstić information content (AvgIpc) is 2.52. The maximum Gasteiger partial charge on any atom is 0.211 e. The number of rotatable bonds is 10. The van der Waals surface area contributed by atoms with E-state index >= 15 is 0 Å². The highest BCUT2D eigenvalue weighted by molar-refractivity contribution is 7.99. The van der Waals surface area contributed by atoms with Crippen molar-refractivity contribution in [1.82, 2.24) is 0 Å². The molecule has 0 bridgehead atoms. The van der Waals surface area contributed by atoms with Crippen molar-refractivity contribution < 1.29 is 9.53 Å². The Labute approximate surface area is 132 Å². The van der Waals surface area contributed by atoms with Gasteiger partial charge >= 0.3 is 0 Å². The molecule has 1 amide bonds. The van der Waals surface area contributed by atoms with E-state index in [1.54, 1.807) is 18.9 Å². The van der Waals surface area contributed by atoms with Crippen molar-refractivity contribution in [3.05, 3.63) is 18.2 Å². The number of hydrogen-bond acceptors (Lipinski definition) is 3. The minimum atomic E-state index is 0.336. The summed E-state index contributed by atoms with van der Waals surface area (Å²) < 4.78 is 5.28. The van der Waals surface area contributed by atoms with Crippen LogP contribution in [-0.4, -0.2) is 19.3 Å². The number of unbranched alkanes of at least 4 members (excludes halogenated alkanes) is 1. The highest BCUT2D eigenvalue weighted by Crippen LogP contribution is 2.38. The standard InChI is InChI=1S/C17H27NO2S/c1-5-7-10-17(3,6-2)12-21-16-11-14(20-4)8-9-15(16)18-13-19/h8-9,11,13H,5-7,10,12H2,1-4H3,(H,18,19). The first-order chi connectivity index (χ1) is 10.1. The SMILES string of the molecule is CCCCC(C)(CC)CSc1cc(OC)ccc1NC=O. The normalized spacial score (nSPS) is 13.5. The quantitative estimate of drug-likeness (QED) is 0.490. The number of nitrogens with one attached hydrogen (secondary N) is 1. The Morgan fingerprint density at radius 3 is 2.71 bits per heavy atom. The molecule has 0 radical (unpaired) electrons. The van der Waals surface area contributed by atoms with Crippen molar-refractivity contribution in [2.45, 2.75) is 51.3 Å². The lowest BCUT2D eigenvalue weighted by Crippen LogP contribution is -2.18. The Hall–Kier alpha value is -1.16. The molecule has 1 aromatic carbocycles. The van der Waals surface area contributed by atoms with Crippen molar-refractivity contribution in [2.75, 3.05) is 18.2 Å². The zero-order valence-electron chi connectivity index (χ0n) is 13.6. The van der Waals surface area contributed by atoms with Gasteiger partial charge in [-0.15, -0.1) is 11.8 Å². The van der Waals surface area contributed by atoms with E-state index in [0.717, 1.165) is 28.5 Å². The van der Waals surface area contributed by atoms with E-state index in [4.69, 9.17) is 4.74 Å². The molecular weight excluding hydrogens is 282 g/mol. The van der Waals surface area contributed by atoms with E-state index in [9.17, 15) is 4.79 Å². The molecule has 0 saturated carbocycles. The lowest BCUT2D eigenvalue weighted by atomic mass is 9.84. The molecule has 1 rings (SSSR count). The predicted molar refractivity (Wildman–Crippen MR) is 91.3 cm³/mol. The van der Waals surface area contributed by atoms with E-state index in [0.29, 0.717) is 5.41 Å². The first-order valence-corrected chi connectivity index (χ1v) is 8.58. The number of amides is 1. The third kappa shape index (κ3) is 5.62. The molecule has 1 unspecified atom stereocenters. The van der Waals surface area contributed by atoms with Crippen LogP contribution in [0, 0.1) is 5.41 Å². The Morgan fingerprint density at radius 1 is 1.38 bits per heavy atom. The van der Waals surface area contributed by atoms with E-state index in [1.165, 1.54) is 25.7 Å². The molecule has 1 N–H and O–H groups in total. The molecule has 1 aromatic rings. The number of carbonyl (C=O) groups is 1. The van der Waals surface area contributed by atoms with Crippen LogP contribution < -0.4 is 10.1 Å². The van der Waals surface area contributed by atoms with Crippen LogP contribution in [0.25, 0.3) is 0 Å². The maximum absolute atomic E-state index is 10.7. The van der Waals surface area contributed by atoms with Gasteiger partial charge < -0.3 is 10.1 Å². The maximum atomic E-state index is 10.7. The molecule has 0 aliphatic rings. The minimum absolute atomic E-state index is 0.336. The molecule has 21 heavy (non-hydrogen) atoms. The lowest BCUT2D eigenvalue weighted by molar-refractivity contribution is -0.105. The Bertz CT molecular complexity index is 450. The monoisotopic (exact) mass is 309 g/mol. The van der Waals surface area contributed by atoms with Gasteiger partial charge in [0.2, 0.25) is 6.41 Å². The molecule has 118 valence electrons. The van der Waals surface area contributed by atoms with Gasteiger partial charge in [0.1, 0.15) is 5.75 Å². The van der Waals surface area contributed by atoms with Crippen LogP contribution in [0.2, 0.25) is 0 Å². The third-order valence-electron chi connectivity index (χ3n) is 3.97. The Kier molecular flexibility index (Phi) is 7.65. The highest BCUT2D eigenvalue weighted by Gasteiger charge is 2.22. The van der Waals surface area contributed by atoms with Gasteiger partial charge in [-0.25, -0.2) is 0 Å². The summed E-state index contributed by atoms with van der Waals surface area (Å²) in [6.07, 6.45) is 5.63. The summed E-state index contributed by atoms with van der Waals surface area (Å²) in [6.45, 7) is 6.84. The average molecular weight is 309 g/mol. The fourth-order valence-corrected chi connectivity index (χ4v) is 3.47. The van der Waals surface area contributed by atoms with E-state index in [-0.39, 0.29) is 0 Å². The topological polar surface area (TPSA) is 38.3 Å². The first kappa shape index (κ1) is 17.9. The van der Waals surface area contributed by atoms with Gasteiger partial charge in [-0.3, -0.25) is 4.79 Å². The van der Waals surface area contributed by atoms with Crippen molar-refractivity contribution in [1.29, 1.82) is 0 Å². The van der Waals surface area contributed by atoms with E-state index in [2.05, 4.69) is 26.1 Å². The fraction of sp³-hybridized carbons (Fsp3) is 0.588. The molecular formula is C17H27NO2S. The predicted octanol–water partition coefficient (Wildman–Crippen LogP) is 4.96. The number of ether oxygens (including phenoxy) is 1. The van der Waals surface area contributed by atoms with Gasteiger partial charge in [0.25, 0.3) is 0 Å². The molecule has 3 nitrogen and oxygen atoms in total. The minimum Gasteiger partial charge on any atom is -0.497 e. The number of benzene rings is 1. The summed E-state index contributed by atoms with van der Waals surface area (Å²) in [5.74, 6) is 1.87. The molecule has 0 heterocycles. The summed E-state index contributed by atoms with van der Waals surface area (Å²) in [7, 11) is 1.66. The molecule has 1 atom stereocenters. The van der Waals surface area contributed by atoms with Crippen LogP contribution in [0.4, 0.5) is 5.69 Å². The van der Waals surface area contributed by atoms with Gasteiger partial charge in [-0.05, 0) is 36.5 Å². The number of carbonyl (C=O) groups excluding carboxylic acids is 1. The molecule has 0 aliphatic heterocycles. The second-order valence-electron chi connectivity index (χ2n) is 5.68. The van der Waals surface area contributed by atoms with Crippen LogP contribution in [0.3, 0.4) is 0 Å². The zero-order valence-corrected chi connectivity index (χ0v) is 14.4. The van der Waals surface area contributed by atoms with Crippen LogP contribution in [0.5, 0.6) is 5.75 Å². The van der Waals surface area contributed by atoms with Crippen molar-refractivity contribution in [3.8, 4) is 5.75 Å². The molecule has 0 fully saturated rings. The van der Waals surface area contributed by atoms with Gasteiger partial charge in [0.05, 0.1) is 12.8 Å². The number of thioether (sulfide) groups is 1. The molecule has 0 aliphatic carbocycles. The zero-order chi connectivity index (χ0) is 15.7. The van der Waals surface area contributed by atoms with E-state index in [1.807, 2.05) is 18.2 Å². The van der Waals surface area contributed by atoms with Crippen molar-refractivity contribution in [2.24, 2.45) is 5.41 Å². The summed E-state index contributed by atoms with van der Waals surface area (Å²) in [5.41, 5.74) is 1.19. The Morgan fingerprint density at radius 2 is 2.14 bits per heavy atom. The Balaban J connectivity index is 2.82. The number of methoxy groups -OCH3 is 1. The van der Waals surface area contributed by atoms with Crippen LogP contribution in [-0.2, 0) is 4.79 Å². The molecule has 0 saturated heterocycles. The van der Waals surface area contributed by atoms with Crippen LogP contribution in [0.1, 0.15) is 46.5 Å². The fourth-order valence-electron chi connectivity index (χ4n) is 2.14. The van der Waals surface area contributed by atoms with Crippen molar-refractivity contribution in [3.63, 3.8) is 0 Å². The van der Waals surface area contributed by atoms with Gasteiger partial charge in [-0.1, -0.05) is 33.6 Å². The van der Waals surface area contributed by atoms with Crippen LogP contribution >= 0.6 is 11.8 Å². The summed E-state index contributed by atoms with van der Waals surface area (Å²) >= 11 is 1.80. The summed E-state index contributed by atoms with van der Waals surface area (Å²) in [4.78, 5) is 11.8. The molecule has 0 aromatic heterocycles. The van der Waals surface area contributed by atoms with Gasteiger partial charge in [0.15, 0.2) is 0 Å². The van der Waals surface area contributed by atoms with Gasteiger partial charge in [-0.2, -0.15) is 0 Å². The highest BCUT2D eigenvalue weighted by atomic mass is 32.2. The smallest absolute Gasteiger partial charge is 0.211 e. The number of hydrogen-bond donors (Lipinski definition) is 1. The van der Waals surface area contributed by atoms with Crippen molar-refractivity contribution >= 4 is 23.9 Å². The molecule has 4 heteroatoms. The van der Waals surface area contributed by atoms with Gasteiger partial charge in [0, 0.05) is 10.6 Å². The summed E-state index contributed by atoms with van der Waals surface area (Å²) in [5, 5.41) is 2.77. The van der Waals surface area contributed by atoms with E-state index < -0.39 is 0 Å². The second-order valence-corrected chi connectivity index (χ2v) is 6.70. The van der Waals surface area contributed by atoms with Crippen LogP contribution in [0.15, 0.2) is 23.1 Å². The number of anilines is 1. The summed E-state index contributed by atoms with van der Waals surface area (Å²) in [6, 6.07) is 5.75.